The summed E-state index contributed by atoms with van der Waals surface area (Å²) in [5.41, 5.74) is 3.75. The van der Waals surface area contributed by atoms with Gasteiger partial charge in [-0.15, -0.1) is 0 Å². The summed E-state index contributed by atoms with van der Waals surface area (Å²) in [5, 5.41) is 0. The second-order valence-electron chi connectivity index (χ2n) is 6.22. The molecule has 4 nitrogen and oxygen atoms in total. The maximum atomic E-state index is 11.4. The highest BCUT2D eigenvalue weighted by Gasteiger charge is 2.23. The molecule has 0 saturated heterocycles. The summed E-state index contributed by atoms with van der Waals surface area (Å²) in [6, 6.07) is 25.7. The zero-order valence-electron chi connectivity index (χ0n) is 14.4. The average Bonchev–Trinajstić information content (AvgIpc) is 2.63. The summed E-state index contributed by atoms with van der Waals surface area (Å²) in [7, 11) is -4.63. The fourth-order valence-corrected chi connectivity index (χ4v) is 3.64. The third-order valence-electron chi connectivity index (χ3n) is 4.33. The monoisotopic (exact) mass is 368 g/mol. The van der Waals surface area contributed by atoms with Gasteiger partial charge in [0, 0.05) is 5.92 Å². The van der Waals surface area contributed by atoms with Crippen molar-refractivity contribution in [3.8, 4) is 5.75 Å². The van der Waals surface area contributed by atoms with E-state index in [4.69, 9.17) is 4.52 Å². The first-order chi connectivity index (χ1) is 12.4. The predicted molar refractivity (Wildman–Crippen MR) is 102 cm³/mol. The molecule has 0 amide bonds. The van der Waals surface area contributed by atoms with Crippen molar-refractivity contribution in [2.45, 2.75) is 19.3 Å². The van der Waals surface area contributed by atoms with Crippen LogP contribution in [-0.4, -0.2) is 9.79 Å². The summed E-state index contributed by atoms with van der Waals surface area (Å²) in [6.07, 6.45) is 0.574. The largest absolute Gasteiger partial charge is 0.524 e. The lowest BCUT2D eigenvalue weighted by Crippen LogP contribution is -2.07. The smallest absolute Gasteiger partial charge is 0.404 e. The highest BCUT2D eigenvalue weighted by atomic mass is 31.2. The molecule has 0 fully saturated rings. The highest BCUT2D eigenvalue weighted by molar-refractivity contribution is 7.46. The van der Waals surface area contributed by atoms with Crippen molar-refractivity contribution in [3.63, 3.8) is 0 Å². The Bertz CT molecular complexity index is 864. The van der Waals surface area contributed by atoms with E-state index in [2.05, 4.69) is 24.3 Å². The van der Waals surface area contributed by atoms with E-state index < -0.39 is 7.82 Å². The molecule has 0 bridgehead atoms. The second kappa shape index (κ2) is 7.88. The van der Waals surface area contributed by atoms with Gasteiger partial charge in [0.25, 0.3) is 0 Å². The van der Waals surface area contributed by atoms with E-state index >= 15 is 0 Å². The van der Waals surface area contributed by atoms with Gasteiger partial charge in [-0.3, -0.25) is 9.79 Å². The predicted octanol–water partition coefficient (Wildman–Crippen LogP) is 4.84. The summed E-state index contributed by atoms with van der Waals surface area (Å²) in [5.74, 6) is 0.316. The molecule has 3 aromatic carbocycles. The number of hydrogen-bond donors (Lipinski definition) is 2. The normalized spacial score (nSPS) is 11.5. The van der Waals surface area contributed by atoms with E-state index in [1.54, 1.807) is 13.0 Å². The van der Waals surface area contributed by atoms with Crippen LogP contribution in [0.2, 0.25) is 0 Å². The lowest BCUT2D eigenvalue weighted by molar-refractivity contribution is 0.281. The standard InChI is InChI=1S/C21H21O4P/c1-16-9-8-14-19(21(16)25-26(22,23)24)15-20(17-10-4-2-5-11-17)18-12-6-3-7-13-18/h2-14,20H,15H2,1H3,(H2,22,23,24). The first-order valence-corrected chi connectivity index (χ1v) is 9.90. The van der Waals surface area contributed by atoms with Gasteiger partial charge in [0.1, 0.15) is 5.75 Å². The van der Waals surface area contributed by atoms with Crippen molar-refractivity contribution < 1.29 is 18.9 Å². The number of hydrogen-bond acceptors (Lipinski definition) is 2. The molecule has 0 aliphatic heterocycles. The molecule has 5 heteroatoms. The van der Waals surface area contributed by atoms with Crippen molar-refractivity contribution in [1.82, 2.24) is 0 Å². The van der Waals surface area contributed by atoms with Crippen LogP contribution >= 0.6 is 7.82 Å². The van der Waals surface area contributed by atoms with Gasteiger partial charge in [-0.25, -0.2) is 4.57 Å². The molecule has 0 aliphatic rings. The Morgan fingerprint density at radius 2 is 1.38 bits per heavy atom. The molecule has 0 aromatic heterocycles. The van der Waals surface area contributed by atoms with Gasteiger partial charge >= 0.3 is 7.82 Å². The quantitative estimate of drug-likeness (QED) is 0.611. The molecule has 0 spiro atoms. The van der Waals surface area contributed by atoms with Gasteiger partial charge in [0.2, 0.25) is 0 Å². The number of para-hydroxylation sites is 1. The van der Waals surface area contributed by atoms with E-state index in [1.807, 2.05) is 48.5 Å². The molecular formula is C21H21O4P. The Hall–Kier alpha value is -2.39. The summed E-state index contributed by atoms with van der Waals surface area (Å²) >= 11 is 0. The van der Waals surface area contributed by atoms with Crippen LogP contribution in [0, 0.1) is 6.92 Å². The third-order valence-corrected chi connectivity index (χ3v) is 4.75. The van der Waals surface area contributed by atoms with Crippen LogP contribution in [0.1, 0.15) is 28.2 Å². The fraction of sp³-hybridized carbons (Fsp3) is 0.143. The minimum absolute atomic E-state index is 0.0540. The van der Waals surface area contributed by atoms with E-state index in [1.165, 1.54) is 0 Å². The van der Waals surface area contributed by atoms with Crippen LogP contribution in [0.15, 0.2) is 78.9 Å². The number of benzene rings is 3. The molecule has 2 N–H and O–H groups in total. The lowest BCUT2D eigenvalue weighted by Gasteiger charge is -2.21. The van der Waals surface area contributed by atoms with E-state index in [0.717, 1.165) is 16.7 Å². The van der Waals surface area contributed by atoms with Crippen LogP contribution in [-0.2, 0) is 11.0 Å². The van der Waals surface area contributed by atoms with Gasteiger partial charge in [-0.05, 0) is 35.6 Å². The topological polar surface area (TPSA) is 66.8 Å². The van der Waals surface area contributed by atoms with Gasteiger partial charge in [0.15, 0.2) is 0 Å². The third kappa shape index (κ3) is 4.61. The van der Waals surface area contributed by atoms with E-state index in [-0.39, 0.29) is 11.7 Å². The van der Waals surface area contributed by atoms with Crippen molar-refractivity contribution in [2.75, 3.05) is 0 Å². The molecule has 0 atom stereocenters. The molecule has 3 aromatic rings. The van der Waals surface area contributed by atoms with Gasteiger partial charge in [0.05, 0.1) is 0 Å². The Kier molecular flexibility index (Phi) is 5.58. The van der Waals surface area contributed by atoms with Crippen molar-refractivity contribution >= 4 is 7.82 Å². The van der Waals surface area contributed by atoms with E-state index in [9.17, 15) is 14.4 Å². The second-order valence-corrected chi connectivity index (χ2v) is 7.39. The first kappa shape index (κ1) is 18.4. The van der Waals surface area contributed by atoms with Crippen LogP contribution in [0.4, 0.5) is 0 Å². The van der Waals surface area contributed by atoms with Gasteiger partial charge < -0.3 is 4.52 Å². The minimum Gasteiger partial charge on any atom is -0.404 e. The maximum Gasteiger partial charge on any atom is 0.524 e. The van der Waals surface area contributed by atoms with Crippen molar-refractivity contribution in [1.29, 1.82) is 0 Å². The maximum absolute atomic E-state index is 11.4. The average molecular weight is 368 g/mol. The Morgan fingerprint density at radius 1 is 0.846 bits per heavy atom. The zero-order chi connectivity index (χ0) is 18.6. The fourth-order valence-electron chi connectivity index (χ4n) is 3.14. The molecule has 3 rings (SSSR count). The molecule has 26 heavy (non-hydrogen) atoms. The summed E-state index contributed by atoms with van der Waals surface area (Å²) in [6.45, 7) is 1.79. The molecule has 0 aliphatic carbocycles. The number of rotatable bonds is 6. The SMILES string of the molecule is Cc1cccc(CC(c2ccccc2)c2ccccc2)c1OP(=O)(O)O. The van der Waals surface area contributed by atoms with Crippen molar-refractivity contribution in [3.05, 3.63) is 101 Å². The first-order valence-electron chi connectivity index (χ1n) is 8.37. The Morgan fingerprint density at radius 3 is 1.88 bits per heavy atom. The zero-order valence-corrected chi connectivity index (χ0v) is 15.3. The minimum atomic E-state index is -4.63. The molecule has 0 heterocycles. The van der Waals surface area contributed by atoms with Crippen LogP contribution in [0.25, 0.3) is 0 Å². The number of aryl methyl sites for hydroxylation is 1. The summed E-state index contributed by atoms with van der Waals surface area (Å²) < 4.78 is 16.4. The lowest BCUT2D eigenvalue weighted by atomic mass is 9.85. The van der Waals surface area contributed by atoms with Gasteiger partial charge in [-0.2, -0.15) is 0 Å². The number of phosphoric acid groups is 1. The molecule has 0 unspecified atom stereocenters. The molecule has 0 radical (unpaired) electrons. The summed E-state index contributed by atoms with van der Waals surface area (Å²) in [4.78, 5) is 18.6. The van der Waals surface area contributed by atoms with Crippen LogP contribution in [0.3, 0.4) is 0 Å². The van der Waals surface area contributed by atoms with E-state index in [0.29, 0.717) is 12.0 Å². The van der Waals surface area contributed by atoms with Crippen molar-refractivity contribution in [2.24, 2.45) is 0 Å². The highest BCUT2D eigenvalue weighted by Crippen LogP contribution is 2.42. The molecular weight excluding hydrogens is 347 g/mol. The number of phosphoric ester groups is 1. The molecule has 0 saturated carbocycles. The Balaban J connectivity index is 2.03. The molecule has 134 valence electrons. The Labute approximate surface area is 153 Å². The van der Waals surface area contributed by atoms with Gasteiger partial charge in [-0.1, -0.05) is 78.9 Å². The van der Waals surface area contributed by atoms with Crippen LogP contribution in [0.5, 0.6) is 5.75 Å². The van der Waals surface area contributed by atoms with Crippen LogP contribution < -0.4 is 4.52 Å².